The molecule has 5 heteroatoms. The van der Waals surface area contributed by atoms with Crippen molar-refractivity contribution in [3.63, 3.8) is 0 Å². The van der Waals surface area contributed by atoms with E-state index in [2.05, 4.69) is 32.2 Å². The molecule has 1 heterocycles. The van der Waals surface area contributed by atoms with E-state index in [9.17, 15) is 4.79 Å². The fraction of sp³-hybridized carbons (Fsp3) is 0.462. The Labute approximate surface area is 106 Å². The van der Waals surface area contributed by atoms with Gasteiger partial charge in [0.25, 0.3) is 0 Å². The summed E-state index contributed by atoms with van der Waals surface area (Å²) >= 11 is 0. The molecule has 1 aromatic rings. The van der Waals surface area contributed by atoms with Crippen molar-refractivity contribution in [2.45, 2.75) is 19.3 Å². The second kappa shape index (κ2) is 6.14. The topological polar surface area (TPSA) is 64.1 Å². The summed E-state index contributed by atoms with van der Waals surface area (Å²) in [6.07, 6.45) is 10.9. The summed E-state index contributed by atoms with van der Waals surface area (Å²) in [7, 11) is 1.33. The van der Waals surface area contributed by atoms with Gasteiger partial charge in [-0.2, -0.15) is 0 Å². The van der Waals surface area contributed by atoms with E-state index < -0.39 is 5.97 Å². The number of carbonyl (C=O) groups excluding carboxylic acids is 1. The van der Waals surface area contributed by atoms with Crippen LogP contribution in [0.3, 0.4) is 0 Å². The van der Waals surface area contributed by atoms with Gasteiger partial charge in [0.2, 0.25) is 0 Å². The minimum atomic E-state index is -0.466. The van der Waals surface area contributed by atoms with Crippen LogP contribution in [0.1, 0.15) is 29.8 Å². The molecule has 0 saturated heterocycles. The molecule has 5 nitrogen and oxygen atoms in total. The van der Waals surface area contributed by atoms with Crippen LogP contribution < -0.4 is 5.32 Å². The van der Waals surface area contributed by atoms with E-state index >= 15 is 0 Å². The summed E-state index contributed by atoms with van der Waals surface area (Å²) in [4.78, 5) is 19.3. The monoisotopic (exact) mass is 247 g/mol. The normalized spacial score (nSPS) is 18.4. The van der Waals surface area contributed by atoms with Crippen LogP contribution in [-0.4, -0.2) is 29.6 Å². The number of nitrogens with zero attached hydrogens (tertiary/aromatic N) is 2. The maximum Gasteiger partial charge on any atom is 0.358 e. The Morgan fingerprint density at radius 1 is 1.44 bits per heavy atom. The lowest BCUT2D eigenvalue weighted by Gasteiger charge is -2.18. The molecule has 0 bridgehead atoms. The predicted octanol–water partition coefficient (Wildman–Crippen LogP) is 2.03. The number of hydrogen-bond donors (Lipinski definition) is 1. The standard InChI is InChI=1S/C13H17N3O2/c1-18-13(17)11-8-16-12(9-14-11)15-7-10-5-3-2-4-6-10/h2-3,8-10H,4-7H2,1H3,(H,15,16). The van der Waals surface area contributed by atoms with Gasteiger partial charge in [0.1, 0.15) is 5.82 Å². The number of ether oxygens (including phenoxy) is 1. The maximum atomic E-state index is 11.2. The molecule has 1 aliphatic rings. The minimum absolute atomic E-state index is 0.226. The highest BCUT2D eigenvalue weighted by Gasteiger charge is 2.10. The third kappa shape index (κ3) is 3.29. The lowest BCUT2D eigenvalue weighted by molar-refractivity contribution is 0.0593. The van der Waals surface area contributed by atoms with Crippen molar-refractivity contribution in [1.29, 1.82) is 0 Å². The van der Waals surface area contributed by atoms with Gasteiger partial charge in [-0.1, -0.05) is 12.2 Å². The Morgan fingerprint density at radius 2 is 2.33 bits per heavy atom. The fourth-order valence-corrected chi connectivity index (χ4v) is 1.92. The largest absolute Gasteiger partial charge is 0.464 e. The second-order valence-corrected chi connectivity index (χ2v) is 4.31. The first-order chi connectivity index (χ1) is 8.79. The third-order valence-corrected chi connectivity index (χ3v) is 3.00. The number of carbonyl (C=O) groups is 1. The van der Waals surface area contributed by atoms with Gasteiger partial charge in [0, 0.05) is 6.54 Å². The van der Waals surface area contributed by atoms with Crippen molar-refractivity contribution >= 4 is 11.8 Å². The van der Waals surface area contributed by atoms with Crippen LogP contribution >= 0.6 is 0 Å². The fourth-order valence-electron chi connectivity index (χ4n) is 1.92. The summed E-state index contributed by atoms with van der Waals surface area (Å²) in [6, 6.07) is 0. The van der Waals surface area contributed by atoms with Gasteiger partial charge in [-0.05, 0) is 25.2 Å². The van der Waals surface area contributed by atoms with Crippen LogP contribution in [0.5, 0.6) is 0 Å². The molecular formula is C13H17N3O2. The molecule has 2 rings (SSSR count). The van der Waals surface area contributed by atoms with Crippen molar-refractivity contribution in [3.8, 4) is 0 Å². The summed E-state index contributed by atoms with van der Waals surface area (Å²) in [5.41, 5.74) is 0.226. The van der Waals surface area contributed by atoms with E-state index in [1.807, 2.05) is 0 Å². The smallest absolute Gasteiger partial charge is 0.358 e. The van der Waals surface area contributed by atoms with Gasteiger partial charge in [-0.3, -0.25) is 0 Å². The summed E-state index contributed by atoms with van der Waals surface area (Å²) in [5.74, 6) is 0.876. The number of aromatic nitrogens is 2. The number of rotatable bonds is 4. The van der Waals surface area contributed by atoms with Crippen molar-refractivity contribution in [2.24, 2.45) is 5.92 Å². The number of anilines is 1. The molecule has 1 unspecified atom stereocenters. The van der Waals surface area contributed by atoms with Gasteiger partial charge >= 0.3 is 5.97 Å². The molecule has 0 saturated carbocycles. The van der Waals surface area contributed by atoms with E-state index in [1.165, 1.54) is 19.7 Å². The Hall–Kier alpha value is -1.91. The third-order valence-electron chi connectivity index (χ3n) is 3.00. The van der Waals surface area contributed by atoms with E-state index in [-0.39, 0.29) is 5.69 Å². The predicted molar refractivity (Wildman–Crippen MR) is 68.3 cm³/mol. The Kier molecular flexibility index (Phi) is 4.28. The van der Waals surface area contributed by atoms with Gasteiger partial charge in [0.15, 0.2) is 5.69 Å². The second-order valence-electron chi connectivity index (χ2n) is 4.31. The highest BCUT2D eigenvalue weighted by Crippen LogP contribution is 2.18. The Balaban J connectivity index is 1.86. The Bertz CT molecular complexity index is 428. The molecule has 96 valence electrons. The molecule has 1 atom stereocenters. The molecule has 0 aromatic carbocycles. The zero-order chi connectivity index (χ0) is 12.8. The van der Waals surface area contributed by atoms with Crippen LogP contribution in [0.4, 0.5) is 5.82 Å². The average Bonchev–Trinajstić information content (AvgIpc) is 2.46. The summed E-state index contributed by atoms with van der Waals surface area (Å²) in [5, 5.41) is 3.24. The minimum Gasteiger partial charge on any atom is -0.464 e. The SMILES string of the molecule is COC(=O)c1cnc(NCC2CC=CCC2)cn1. The first-order valence-electron chi connectivity index (χ1n) is 6.09. The summed E-state index contributed by atoms with van der Waals surface area (Å²) < 4.78 is 4.56. The molecule has 0 spiro atoms. The number of allylic oxidation sites excluding steroid dienone is 2. The zero-order valence-electron chi connectivity index (χ0n) is 10.4. The molecule has 0 aliphatic heterocycles. The molecule has 0 radical (unpaired) electrons. The average molecular weight is 247 g/mol. The Morgan fingerprint density at radius 3 is 2.94 bits per heavy atom. The summed E-state index contributed by atoms with van der Waals surface area (Å²) in [6.45, 7) is 0.886. The highest BCUT2D eigenvalue weighted by atomic mass is 16.5. The maximum absolute atomic E-state index is 11.2. The first-order valence-corrected chi connectivity index (χ1v) is 6.09. The van der Waals surface area contributed by atoms with Crippen LogP contribution in [0.2, 0.25) is 0 Å². The highest BCUT2D eigenvalue weighted by molar-refractivity contribution is 5.86. The number of esters is 1. The zero-order valence-corrected chi connectivity index (χ0v) is 10.4. The van der Waals surface area contributed by atoms with Crippen LogP contribution in [0.25, 0.3) is 0 Å². The van der Waals surface area contributed by atoms with Gasteiger partial charge in [0.05, 0.1) is 19.5 Å². The van der Waals surface area contributed by atoms with Crippen LogP contribution in [0.15, 0.2) is 24.5 Å². The first kappa shape index (κ1) is 12.5. The van der Waals surface area contributed by atoms with Crippen LogP contribution in [0, 0.1) is 5.92 Å². The molecule has 1 N–H and O–H groups in total. The van der Waals surface area contributed by atoms with Gasteiger partial charge in [-0.15, -0.1) is 0 Å². The van der Waals surface area contributed by atoms with E-state index in [4.69, 9.17) is 0 Å². The molecular weight excluding hydrogens is 230 g/mol. The van der Waals surface area contributed by atoms with Crippen molar-refractivity contribution in [2.75, 3.05) is 19.0 Å². The lowest BCUT2D eigenvalue weighted by atomic mass is 9.94. The van der Waals surface area contributed by atoms with Crippen molar-refractivity contribution in [3.05, 3.63) is 30.2 Å². The van der Waals surface area contributed by atoms with Crippen molar-refractivity contribution in [1.82, 2.24) is 9.97 Å². The van der Waals surface area contributed by atoms with E-state index in [1.54, 1.807) is 6.20 Å². The molecule has 18 heavy (non-hydrogen) atoms. The molecule has 1 aliphatic carbocycles. The molecule has 0 fully saturated rings. The van der Waals surface area contributed by atoms with E-state index in [0.717, 1.165) is 19.4 Å². The number of methoxy groups -OCH3 is 1. The van der Waals surface area contributed by atoms with E-state index in [0.29, 0.717) is 11.7 Å². The van der Waals surface area contributed by atoms with Crippen molar-refractivity contribution < 1.29 is 9.53 Å². The van der Waals surface area contributed by atoms with Gasteiger partial charge < -0.3 is 10.1 Å². The number of nitrogens with one attached hydrogen (secondary N) is 1. The van der Waals surface area contributed by atoms with Gasteiger partial charge in [-0.25, -0.2) is 14.8 Å². The molecule has 1 aromatic heterocycles. The van der Waals surface area contributed by atoms with Crippen LogP contribution in [-0.2, 0) is 4.74 Å². The molecule has 0 amide bonds. The quantitative estimate of drug-likeness (QED) is 0.651. The lowest BCUT2D eigenvalue weighted by Crippen LogP contribution is -2.16. The number of hydrogen-bond acceptors (Lipinski definition) is 5.